The van der Waals surface area contributed by atoms with Crippen LogP contribution in [0, 0.1) is 5.82 Å². The molecule has 0 amide bonds. The van der Waals surface area contributed by atoms with Crippen LogP contribution in [-0.4, -0.2) is 28.2 Å². The van der Waals surface area contributed by atoms with Crippen LogP contribution in [0.5, 0.6) is 0 Å². The number of fused-ring (bicyclic) bond motifs is 1. The zero-order valence-corrected chi connectivity index (χ0v) is 12.7. The summed E-state index contributed by atoms with van der Waals surface area (Å²) >= 11 is 0. The van der Waals surface area contributed by atoms with E-state index in [1.54, 1.807) is 4.57 Å². The second-order valence-electron chi connectivity index (χ2n) is 5.12. The third kappa shape index (κ3) is 2.54. The normalized spacial score (nSPS) is 12.2. The highest BCUT2D eigenvalue weighted by Crippen LogP contribution is 2.23. The number of nitrogens with zero attached hydrogens (tertiary/aromatic N) is 3. The second kappa shape index (κ2) is 5.09. The Labute approximate surface area is 126 Å². The van der Waals surface area contributed by atoms with Crippen LogP contribution in [0.3, 0.4) is 0 Å². The van der Waals surface area contributed by atoms with Crippen LogP contribution in [-0.2, 0) is 10.0 Å². The first kappa shape index (κ1) is 14.5. The van der Waals surface area contributed by atoms with Gasteiger partial charge < -0.3 is 4.57 Å². The molecule has 2 heterocycles. The number of anilines is 1. The first-order chi connectivity index (χ1) is 10.4. The van der Waals surface area contributed by atoms with E-state index in [4.69, 9.17) is 0 Å². The van der Waals surface area contributed by atoms with Gasteiger partial charge in [0.2, 0.25) is 0 Å². The van der Waals surface area contributed by atoms with E-state index < -0.39 is 15.8 Å². The molecule has 0 aliphatic carbocycles. The lowest BCUT2D eigenvalue weighted by molar-refractivity contribution is 0.591. The van der Waals surface area contributed by atoms with Crippen molar-refractivity contribution in [1.29, 1.82) is 0 Å². The average molecular weight is 323 g/mol. The lowest BCUT2D eigenvalue weighted by atomic mass is 10.2. The number of hydrogen-bond donors (Lipinski definition) is 2. The summed E-state index contributed by atoms with van der Waals surface area (Å²) in [6.45, 7) is 3.84. The molecule has 0 bridgehead atoms. The zero-order valence-electron chi connectivity index (χ0n) is 11.9. The van der Waals surface area contributed by atoms with E-state index in [0.29, 0.717) is 10.9 Å². The van der Waals surface area contributed by atoms with Crippen LogP contribution in [0.25, 0.3) is 10.9 Å². The molecule has 0 aliphatic heterocycles. The van der Waals surface area contributed by atoms with Crippen LogP contribution in [0.1, 0.15) is 19.9 Å². The standard InChI is InChI=1S/C13H14FN5O2S/c1-8(2)19-6-12(15-7-19)22(20,21)18-13-10-4-3-9(14)5-11(10)16-17-13/h3-8H,1-2H3,(H2,16,17,18). The Kier molecular flexibility index (Phi) is 3.36. The fraction of sp³-hybridized carbons (Fsp3) is 0.231. The number of benzene rings is 1. The van der Waals surface area contributed by atoms with Gasteiger partial charge in [0.15, 0.2) is 10.8 Å². The van der Waals surface area contributed by atoms with Crippen LogP contribution >= 0.6 is 0 Å². The number of nitrogens with one attached hydrogen (secondary N) is 2. The largest absolute Gasteiger partial charge is 0.334 e. The van der Waals surface area contributed by atoms with Gasteiger partial charge in [-0.05, 0) is 32.0 Å². The van der Waals surface area contributed by atoms with Crippen molar-refractivity contribution >= 4 is 26.7 Å². The van der Waals surface area contributed by atoms with Gasteiger partial charge in [-0.1, -0.05) is 0 Å². The molecule has 3 rings (SSSR count). The van der Waals surface area contributed by atoms with Gasteiger partial charge in [-0.25, -0.2) is 9.37 Å². The predicted molar refractivity (Wildman–Crippen MR) is 79.5 cm³/mol. The quantitative estimate of drug-likeness (QED) is 0.770. The molecule has 0 unspecified atom stereocenters. The van der Waals surface area contributed by atoms with Crippen LogP contribution in [0.2, 0.25) is 0 Å². The molecule has 0 radical (unpaired) electrons. The molecule has 9 heteroatoms. The van der Waals surface area contributed by atoms with Gasteiger partial charge in [0.25, 0.3) is 10.0 Å². The van der Waals surface area contributed by atoms with E-state index in [1.807, 2.05) is 13.8 Å². The Morgan fingerprint density at radius 1 is 1.36 bits per heavy atom. The maximum atomic E-state index is 13.1. The van der Waals surface area contributed by atoms with Crippen molar-refractivity contribution < 1.29 is 12.8 Å². The smallest absolute Gasteiger partial charge is 0.282 e. The minimum absolute atomic E-state index is 0.0977. The van der Waals surface area contributed by atoms with Crippen molar-refractivity contribution in [1.82, 2.24) is 19.7 Å². The summed E-state index contributed by atoms with van der Waals surface area (Å²) in [4.78, 5) is 3.90. The Bertz CT molecular complexity index is 929. The molecule has 7 nitrogen and oxygen atoms in total. The van der Waals surface area contributed by atoms with E-state index in [0.717, 1.165) is 0 Å². The topological polar surface area (TPSA) is 92.7 Å². The number of hydrogen-bond acceptors (Lipinski definition) is 4. The lowest BCUT2D eigenvalue weighted by Gasteiger charge is -2.05. The summed E-state index contributed by atoms with van der Waals surface area (Å²) < 4.78 is 41.8. The number of aromatic nitrogens is 4. The maximum Gasteiger partial charge on any atom is 0.282 e. The minimum atomic E-state index is -3.86. The summed E-state index contributed by atoms with van der Waals surface area (Å²) in [7, 11) is -3.86. The van der Waals surface area contributed by atoms with Gasteiger partial charge in [0.05, 0.1) is 11.8 Å². The molecule has 0 saturated heterocycles. The Morgan fingerprint density at radius 2 is 2.14 bits per heavy atom. The molecule has 22 heavy (non-hydrogen) atoms. The Hall–Kier alpha value is -2.42. The molecule has 0 spiro atoms. The van der Waals surface area contributed by atoms with Crippen LogP contribution < -0.4 is 4.72 Å². The first-order valence-corrected chi connectivity index (χ1v) is 8.05. The van der Waals surface area contributed by atoms with Crippen molar-refractivity contribution in [3.8, 4) is 0 Å². The van der Waals surface area contributed by atoms with Gasteiger partial charge in [-0.3, -0.25) is 9.82 Å². The number of rotatable bonds is 4. The van der Waals surface area contributed by atoms with E-state index in [-0.39, 0.29) is 16.9 Å². The summed E-state index contributed by atoms with van der Waals surface area (Å²) in [6, 6.07) is 4.04. The molecule has 0 atom stereocenters. The zero-order chi connectivity index (χ0) is 15.9. The van der Waals surface area contributed by atoms with Crippen molar-refractivity contribution in [2.24, 2.45) is 0 Å². The number of H-pyrrole nitrogens is 1. The van der Waals surface area contributed by atoms with Crippen LogP contribution in [0.4, 0.5) is 10.2 Å². The van der Waals surface area contributed by atoms with Crippen molar-refractivity contribution in [3.63, 3.8) is 0 Å². The van der Waals surface area contributed by atoms with Gasteiger partial charge in [0.1, 0.15) is 5.82 Å². The lowest BCUT2D eigenvalue weighted by Crippen LogP contribution is -2.14. The monoisotopic (exact) mass is 323 g/mol. The molecule has 1 aromatic carbocycles. The summed E-state index contributed by atoms with van der Waals surface area (Å²) in [5.41, 5.74) is 0.408. The van der Waals surface area contributed by atoms with Gasteiger partial charge in [0, 0.05) is 17.6 Å². The molecule has 0 aliphatic rings. The van der Waals surface area contributed by atoms with Crippen molar-refractivity contribution in [2.45, 2.75) is 24.9 Å². The number of aromatic amines is 1. The first-order valence-electron chi connectivity index (χ1n) is 6.57. The highest BCUT2D eigenvalue weighted by molar-refractivity contribution is 7.92. The van der Waals surface area contributed by atoms with Gasteiger partial charge in [-0.15, -0.1) is 0 Å². The van der Waals surface area contributed by atoms with E-state index in [1.165, 1.54) is 30.7 Å². The van der Waals surface area contributed by atoms with Crippen molar-refractivity contribution in [3.05, 3.63) is 36.5 Å². The fourth-order valence-electron chi connectivity index (χ4n) is 1.99. The van der Waals surface area contributed by atoms with Crippen molar-refractivity contribution in [2.75, 3.05) is 4.72 Å². The maximum absolute atomic E-state index is 13.1. The van der Waals surface area contributed by atoms with E-state index in [9.17, 15) is 12.8 Å². The van der Waals surface area contributed by atoms with Gasteiger partial charge >= 0.3 is 0 Å². The molecular weight excluding hydrogens is 309 g/mol. The summed E-state index contributed by atoms with van der Waals surface area (Å²) in [6.07, 6.45) is 2.90. The van der Waals surface area contributed by atoms with Gasteiger partial charge in [-0.2, -0.15) is 13.5 Å². The molecule has 2 aromatic heterocycles. The molecule has 116 valence electrons. The highest BCUT2D eigenvalue weighted by Gasteiger charge is 2.20. The molecule has 0 saturated carbocycles. The average Bonchev–Trinajstić information content (AvgIpc) is 3.06. The number of sulfonamides is 1. The third-order valence-electron chi connectivity index (χ3n) is 3.21. The Morgan fingerprint density at radius 3 is 2.82 bits per heavy atom. The molecular formula is C13H14FN5O2S. The third-order valence-corrected chi connectivity index (χ3v) is 4.43. The second-order valence-corrected chi connectivity index (χ2v) is 6.75. The molecule has 3 aromatic rings. The number of imidazole rings is 1. The molecule has 0 fully saturated rings. The predicted octanol–water partition coefficient (Wildman–Crippen LogP) is 2.28. The summed E-state index contributed by atoms with van der Waals surface area (Å²) in [5.74, 6) is -0.324. The number of halogens is 1. The van der Waals surface area contributed by atoms with Crippen LogP contribution in [0.15, 0.2) is 35.7 Å². The van der Waals surface area contributed by atoms with E-state index in [2.05, 4.69) is 19.9 Å². The summed E-state index contributed by atoms with van der Waals surface area (Å²) in [5, 5.41) is 6.84. The molecule has 2 N–H and O–H groups in total. The highest BCUT2D eigenvalue weighted by atomic mass is 32.2. The Balaban J connectivity index is 1.95. The van der Waals surface area contributed by atoms with E-state index >= 15 is 0 Å². The fourth-order valence-corrected chi connectivity index (χ4v) is 2.95. The SMILES string of the molecule is CC(C)n1cnc(S(=O)(=O)Nc2n[nH]c3cc(F)ccc23)c1. The minimum Gasteiger partial charge on any atom is -0.334 e.